The van der Waals surface area contributed by atoms with Crippen LogP contribution in [0.15, 0.2) is 36.4 Å². The van der Waals surface area contributed by atoms with Crippen LogP contribution in [0, 0.1) is 6.92 Å². The monoisotopic (exact) mass is 466 g/mol. The molecule has 0 bridgehead atoms. The Kier molecular flexibility index (Phi) is 8.00. The van der Waals surface area contributed by atoms with Gasteiger partial charge in [0, 0.05) is 5.02 Å². The summed E-state index contributed by atoms with van der Waals surface area (Å²) >= 11 is 6.04. The molecule has 2 atom stereocenters. The third-order valence-corrected chi connectivity index (χ3v) is 6.69. The minimum Gasteiger partial charge on any atom is -0.496 e. The Balaban J connectivity index is 2.33. The highest BCUT2D eigenvalue weighted by Crippen LogP contribution is 2.32. The van der Waals surface area contributed by atoms with Gasteiger partial charge >= 0.3 is 0 Å². The van der Waals surface area contributed by atoms with E-state index < -0.39 is 22.0 Å². The van der Waals surface area contributed by atoms with Gasteiger partial charge in [0.2, 0.25) is 15.9 Å². The van der Waals surface area contributed by atoms with E-state index in [1.807, 2.05) is 26.0 Å². The van der Waals surface area contributed by atoms with Crippen molar-refractivity contribution in [1.29, 1.82) is 0 Å². The van der Waals surface area contributed by atoms with E-state index >= 15 is 0 Å². The van der Waals surface area contributed by atoms with Gasteiger partial charge in [-0.2, -0.15) is 0 Å². The van der Waals surface area contributed by atoms with Crippen molar-refractivity contribution < 1.29 is 17.9 Å². The summed E-state index contributed by atoms with van der Waals surface area (Å²) in [5, 5.41) is 3.35. The number of carbonyl (C=O) groups excluding carboxylic acids is 1. The van der Waals surface area contributed by atoms with Crippen molar-refractivity contribution in [3.63, 3.8) is 0 Å². The first-order valence-electron chi connectivity index (χ1n) is 10.1. The van der Waals surface area contributed by atoms with Gasteiger partial charge in [0.15, 0.2) is 0 Å². The van der Waals surface area contributed by atoms with Gasteiger partial charge in [0.25, 0.3) is 0 Å². The van der Waals surface area contributed by atoms with Crippen molar-refractivity contribution in [1.82, 2.24) is 5.32 Å². The van der Waals surface area contributed by atoms with Gasteiger partial charge in [-0.1, -0.05) is 31.5 Å². The first kappa shape index (κ1) is 25.0. The normalized spacial score (nSPS) is 13.6. The molecule has 1 N–H and O–H groups in total. The SMILES string of the molecule is COc1cc(C)c([C@@H](C)NC(=O)[C@H](C)N(c2cccc(Cl)c2)S(C)(=O)=O)cc1C(C)C. The maximum absolute atomic E-state index is 13.1. The summed E-state index contributed by atoms with van der Waals surface area (Å²) in [5.74, 6) is 0.659. The average Bonchev–Trinajstić information content (AvgIpc) is 2.66. The molecular weight excluding hydrogens is 436 g/mol. The summed E-state index contributed by atoms with van der Waals surface area (Å²) in [4.78, 5) is 13.1. The summed E-state index contributed by atoms with van der Waals surface area (Å²) in [6.07, 6.45) is 1.07. The van der Waals surface area contributed by atoms with Crippen molar-refractivity contribution in [2.75, 3.05) is 17.7 Å². The van der Waals surface area contributed by atoms with E-state index in [9.17, 15) is 13.2 Å². The Labute approximate surface area is 190 Å². The number of halogens is 1. The highest BCUT2D eigenvalue weighted by molar-refractivity contribution is 7.92. The Morgan fingerprint density at radius 1 is 1.10 bits per heavy atom. The maximum Gasteiger partial charge on any atom is 0.244 e. The molecule has 0 aliphatic rings. The molecule has 0 saturated heterocycles. The minimum absolute atomic E-state index is 0.250. The van der Waals surface area contributed by atoms with E-state index in [4.69, 9.17) is 16.3 Å². The number of carbonyl (C=O) groups is 1. The topological polar surface area (TPSA) is 75.7 Å². The first-order valence-corrected chi connectivity index (χ1v) is 12.3. The van der Waals surface area contributed by atoms with Crippen LogP contribution in [-0.2, 0) is 14.8 Å². The van der Waals surface area contributed by atoms with Crippen molar-refractivity contribution in [2.45, 2.75) is 52.6 Å². The predicted molar refractivity (Wildman–Crippen MR) is 127 cm³/mol. The predicted octanol–water partition coefficient (Wildman–Crippen LogP) is 4.81. The molecule has 8 heteroatoms. The standard InChI is InChI=1S/C23H31ClN2O4S/c1-14(2)20-13-21(15(3)11-22(20)30-6)16(4)25-23(27)17(5)26(31(7,28)29)19-10-8-9-18(24)12-19/h8-14,16-17H,1-7H3,(H,25,27)/t16-,17+/m1/s1. The number of amides is 1. The molecule has 2 aromatic carbocycles. The minimum atomic E-state index is -3.72. The van der Waals surface area contributed by atoms with Crippen LogP contribution in [0.2, 0.25) is 5.02 Å². The van der Waals surface area contributed by atoms with Crippen LogP contribution in [-0.4, -0.2) is 33.7 Å². The van der Waals surface area contributed by atoms with E-state index in [0.717, 1.165) is 33.0 Å². The Hall–Kier alpha value is -2.25. The zero-order chi connectivity index (χ0) is 23.5. The lowest BCUT2D eigenvalue weighted by molar-refractivity contribution is -0.122. The summed E-state index contributed by atoms with van der Waals surface area (Å²) < 4.78 is 31.5. The van der Waals surface area contributed by atoms with Crippen molar-refractivity contribution in [3.8, 4) is 5.75 Å². The second kappa shape index (κ2) is 9.92. The van der Waals surface area contributed by atoms with E-state index in [0.29, 0.717) is 10.7 Å². The quantitative estimate of drug-likeness (QED) is 0.605. The number of sulfonamides is 1. The van der Waals surface area contributed by atoms with Gasteiger partial charge in [-0.15, -0.1) is 0 Å². The third kappa shape index (κ3) is 5.92. The molecule has 0 unspecified atom stereocenters. The molecule has 0 radical (unpaired) electrons. The van der Waals surface area contributed by atoms with E-state index in [-0.39, 0.29) is 12.0 Å². The fraction of sp³-hybridized carbons (Fsp3) is 0.435. The number of ether oxygens (including phenoxy) is 1. The molecule has 170 valence electrons. The van der Waals surface area contributed by atoms with Crippen LogP contribution >= 0.6 is 11.6 Å². The Morgan fingerprint density at radius 2 is 1.74 bits per heavy atom. The number of hydrogen-bond acceptors (Lipinski definition) is 4. The molecule has 0 spiro atoms. The number of aryl methyl sites for hydroxylation is 1. The Morgan fingerprint density at radius 3 is 2.26 bits per heavy atom. The van der Waals surface area contributed by atoms with Crippen LogP contribution in [0.5, 0.6) is 5.75 Å². The fourth-order valence-corrected chi connectivity index (χ4v) is 5.00. The summed E-state index contributed by atoms with van der Waals surface area (Å²) in [7, 11) is -2.08. The Bertz CT molecular complexity index is 1050. The molecule has 31 heavy (non-hydrogen) atoms. The summed E-state index contributed by atoms with van der Waals surface area (Å²) in [5.41, 5.74) is 3.33. The summed E-state index contributed by atoms with van der Waals surface area (Å²) in [6.45, 7) is 9.56. The lowest BCUT2D eigenvalue weighted by Crippen LogP contribution is -2.48. The molecule has 2 aromatic rings. The number of anilines is 1. The summed E-state index contributed by atoms with van der Waals surface area (Å²) in [6, 6.07) is 9.17. The van der Waals surface area contributed by atoms with Crippen LogP contribution in [0.3, 0.4) is 0 Å². The van der Waals surface area contributed by atoms with Gasteiger partial charge in [-0.25, -0.2) is 8.42 Å². The van der Waals surface area contributed by atoms with Crippen molar-refractivity contribution >= 4 is 33.2 Å². The zero-order valence-corrected chi connectivity index (χ0v) is 20.6. The maximum atomic E-state index is 13.1. The van der Waals surface area contributed by atoms with Crippen LogP contribution < -0.4 is 14.4 Å². The average molecular weight is 467 g/mol. The highest BCUT2D eigenvalue weighted by atomic mass is 35.5. The van der Waals surface area contributed by atoms with Gasteiger partial charge in [-0.05, 0) is 73.7 Å². The zero-order valence-electron chi connectivity index (χ0n) is 19.1. The number of nitrogens with one attached hydrogen (secondary N) is 1. The highest BCUT2D eigenvalue weighted by Gasteiger charge is 2.30. The molecular formula is C23H31ClN2O4S. The molecule has 0 aliphatic carbocycles. The number of nitrogens with zero attached hydrogens (tertiary/aromatic N) is 1. The second-order valence-corrected chi connectivity index (χ2v) is 10.3. The number of benzene rings is 2. The largest absolute Gasteiger partial charge is 0.496 e. The van der Waals surface area contributed by atoms with Crippen LogP contribution in [0.25, 0.3) is 0 Å². The van der Waals surface area contributed by atoms with E-state index in [1.54, 1.807) is 32.2 Å². The van der Waals surface area contributed by atoms with Gasteiger partial charge in [-0.3, -0.25) is 9.10 Å². The van der Waals surface area contributed by atoms with E-state index in [2.05, 4.69) is 19.2 Å². The van der Waals surface area contributed by atoms with Gasteiger partial charge < -0.3 is 10.1 Å². The third-order valence-electron chi connectivity index (χ3n) is 5.22. The van der Waals surface area contributed by atoms with Crippen molar-refractivity contribution in [2.24, 2.45) is 0 Å². The molecule has 0 saturated carbocycles. The molecule has 0 aromatic heterocycles. The second-order valence-electron chi connectivity index (χ2n) is 8.05. The van der Waals surface area contributed by atoms with E-state index in [1.165, 1.54) is 6.07 Å². The lowest BCUT2D eigenvalue weighted by atomic mass is 9.93. The molecule has 1 amide bonds. The molecule has 2 rings (SSSR count). The van der Waals surface area contributed by atoms with Crippen LogP contribution in [0.4, 0.5) is 5.69 Å². The first-order chi connectivity index (χ1) is 14.4. The molecule has 0 heterocycles. The van der Waals surface area contributed by atoms with Crippen LogP contribution in [0.1, 0.15) is 56.3 Å². The molecule has 6 nitrogen and oxygen atoms in total. The number of rotatable bonds is 8. The number of hydrogen-bond donors (Lipinski definition) is 1. The van der Waals surface area contributed by atoms with Crippen molar-refractivity contribution in [3.05, 3.63) is 58.1 Å². The smallest absolute Gasteiger partial charge is 0.244 e. The lowest BCUT2D eigenvalue weighted by Gasteiger charge is -2.30. The number of methoxy groups -OCH3 is 1. The molecule has 0 fully saturated rings. The van der Waals surface area contributed by atoms with Gasteiger partial charge in [0.05, 0.1) is 25.1 Å². The molecule has 0 aliphatic heterocycles. The van der Waals surface area contributed by atoms with Gasteiger partial charge in [0.1, 0.15) is 11.8 Å². The fourth-order valence-electron chi connectivity index (χ4n) is 3.64.